The molecule has 1 amide bonds. The molecule has 0 fully saturated rings. The summed E-state index contributed by atoms with van der Waals surface area (Å²) in [7, 11) is 0. The number of rotatable bonds is 4. The van der Waals surface area contributed by atoms with Crippen LogP contribution >= 0.6 is 0 Å². The van der Waals surface area contributed by atoms with Gasteiger partial charge in [-0.15, -0.1) is 0 Å². The number of phenols is 2. The van der Waals surface area contributed by atoms with E-state index in [2.05, 4.69) is 5.32 Å². The molecule has 0 radical (unpaired) electrons. The van der Waals surface area contributed by atoms with Crippen molar-refractivity contribution in [2.45, 2.75) is 25.7 Å². The molecular weight excluding hydrogens is 372 g/mol. The van der Waals surface area contributed by atoms with Crippen molar-refractivity contribution in [3.05, 3.63) is 59.3 Å². The number of hydrogen-bond donors (Lipinski definition) is 3. The summed E-state index contributed by atoms with van der Waals surface area (Å²) < 4.78 is 5.05. The normalized spacial score (nSPS) is 13.0. The summed E-state index contributed by atoms with van der Waals surface area (Å²) in [4.78, 5) is 29.3. The van der Waals surface area contributed by atoms with E-state index < -0.39 is 24.2 Å². The molecule has 3 aromatic rings. The highest BCUT2D eigenvalue weighted by atomic mass is 16.5. The van der Waals surface area contributed by atoms with Gasteiger partial charge < -0.3 is 20.3 Å². The molecule has 0 bridgehead atoms. The first kappa shape index (κ1) is 18.7. The van der Waals surface area contributed by atoms with Gasteiger partial charge in [0.2, 0.25) is 0 Å². The predicted molar refractivity (Wildman–Crippen MR) is 107 cm³/mol. The molecule has 7 nitrogen and oxygen atoms in total. The summed E-state index contributed by atoms with van der Waals surface area (Å²) in [5.74, 6) is -1.99. The summed E-state index contributed by atoms with van der Waals surface area (Å²) in [6, 6.07) is 11.2. The lowest BCUT2D eigenvalue weighted by molar-refractivity contribution is -0.119. The number of anilines is 1. The zero-order valence-corrected chi connectivity index (χ0v) is 15.6. The molecule has 2 aromatic carbocycles. The van der Waals surface area contributed by atoms with Gasteiger partial charge in [0.15, 0.2) is 18.1 Å². The molecule has 0 saturated carbocycles. The molecule has 0 saturated heterocycles. The van der Waals surface area contributed by atoms with Gasteiger partial charge in [0.05, 0.1) is 16.8 Å². The third kappa shape index (κ3) is 3.85. The van der Waals surface area contributed by atoms with Crippen molar-refractivity contribution in [1.82, 2.24) is 4.98 Å². The number of carbonyl (C=O) groups is 2. The summed E-state index contributed by atoms with van der Waals surface area (Å²) in [5.41, 5.74) is 3.63. The molecule has 1 heterocycles. The number of aryl methyl sites for hydroxylation is 1. The van der Waals surface area contributed by atoms with Gasteiger partial charge in [0.1, 0.15) is 0 Å². The number of aromatic hydroxyl groups is 2. The van der Waals surface area contributed by atoms with E-state index in [1.807, 2.05) is 24.3 Å². The summed E-state index contributed by atoms with van der Waals surface area (Å²) in [6.45, 7) is -0.466. The average Bonchev–Trinajstić information content (AvgIpc) is 2.73. The number of para-hydroxylation sites is 1. The Balaban J connectivity index is 1.52. The minimum absolute atomic E-state index is 0.0415. The van der Waals surface area contributed by atoms with E-state index in [9.17, 15) is 19.8 Å². The van der Waals surface area contributed by atoms with Crippen LogP contribution in [0, 0.1) is 0 Å². The fourth-order valence-electron chi connectivity index (χ4n) is 3.56. The van der Waals surface area contributed by atoms with E-state index in [0.29, 0.717) is 0 Å². The lowest BCUT2D eigenvalue weighted by Crippen LogP contribution is -2.23. The smallest absolute Gasteiger partial charge is 0.338 e. The SMILES string of the molecule is O=C(COC(=O)c1ccc(O)c(O)c1)Nc1c2c(nc3ccccc13)CCCC2. The number of fused-ring (bicyclic) bond motifs is 2. The van der Waals surface area contributed by atoms with Crippen LogP contribution in [-0.2, 0) is 22.4 Å². The average molecular weight is 392 g/mol. The highest BCUT2D eigenvalue weighted by Gasteiger charge is 2.20. The van der Waals surface area contributed by atoms with E-state index in [0.717, 1.165) is 59.6 Å². The van der Waals surface area contributed by atoms with Gasteiger partial charge in [-0.2, -0.15) is 0 Å². The minimum atomic E-state index is -0.767. The van der Waals surface area contributed by atoms with Gasteiger partial charge in [-0.25, -0.2) is 4.79 Å². The van der Waals surface area contributed by atoms with Crippen molar-refractivity contribution >= 4 is 28.5 Å². The van der Waals surface area contributed by atoms with Crippen molar-refractivity contribution in [2.24, 2.45) is 0 Å². The molecule has 7 heteroatoms. The number of hydrogen-bond acceptors (Lipinski definition) is 6. The lowest BCUT2D eigenvalue weighted by Gasteiger charge is -2.21. The first-order valence-electron chi connectivity index (χ1n) is 9.42. The van der Waals surface area contributed by atoms with E-state index >= 15 is 0 Å². The van der Waals surface area contributed by atoms with Crippen LogP contribution in [0.5, 0.6) is 11.5 Å². The molecule has 3 N–H and O–H groups in total. The minimum Gasteiger partial charge on any atom is -0.504 e. The number of ether oxygens (including phenoxy) is 1. The topological polar surface area (TPSA) is 109 Å². The maximum Gasteiger partial charge on any atom is 0.338 e. The number of amides is 1. The maximum absolute atomic E-state index is 12.5. The summed E-state index contributed by atoms with van der Waals surface area (Å²) in [6.07, 6.45) is 3.83. The molecule has 0 aliphatic heterocycles. The number of pyridine rings is 1. The van der Waals surface area contributed by atoms with Gasteiger partial charge >= 0.3 is 5.97 Å². The van der Waals surface area contributed by atoms with Crippen molar-refractivity contribution in [1.29, 1.82) is 0 Å². The number of carbonyl (C=O) groups excluding carboxylic acids is 2. The third-order valence-corrected chi connectivity index (χ3v) is 4.98. The van der Waals surface area contributed by atoms with Crippen LogP contribution in [0.4, 0.5) is 5.69 Å². The number of nitrogens with zero attached hydrogens (tertiary/aromatic N) is 1. The van der Waals surface area contributed by atoms with Crippen molar-refractivity contribution in [3.8, 4) is 11.5 Å². The second kappa shape index (κ2) is 7.79. The number of nitrogens with one attached hydrogen (secondary N) is 1. The van der Waals surface area contributed by atoms with Gasteiger partial charge in [-0.1, -0.05) is 18.2 Å². The molecule has 1 aliphatic rings. The van der Waals surface area contributed by atoms with E-state index in [4.69, 9.17) is 9.72 Å². The molecule has 0 spiro atoms. The van der Waals surface area contributed by atoms with Crippen LogP contribution in [-0.4, -0.2) is 33.7 Å². The molecule has 148 valence electrons. The Bertz CT molecular complexity index is 1110. The van der Waals surface area contributed by atoms with E-state index in [1.54, 1.807) is 0 Å². The highest BCUT2D eigenvalue weighted by molar-refractivity contribution is 6.03. The monoisotopic (exact) mass is 392 g/mol. The van der Waals surface area contributed by atoms with Crippen LogP contribution < -0.4 is 5.32 Å². The fourth-order valence-corrected chi connectivity index (χ4v) is 3.56. The zero-order chi connectivity index (χ0) is 20.4. The number of esters is 1. The molecule has 0 unspecified atom stereocenters. The van der Waals surface area contributed by atoms with E-state index in [1.165, 1.54) is 12.1 Å². The third-order valence-electron chi connectivity index (χ3n) is 4.98. The Labute approximate surface area is 167 Å². The molecule has 1 aliphatic carbocycles. The van der Waals surface area contributed by atoms with Crippen LogP contribution in [0.2, 0.25) is 0 Å². The molecule has 29 heavy (non-hydrogen) atoms. The van der Waals surface area contributed by atoms with Crippen LogP contribution in [0.15, 0.2) is 42.5 Å². The van der Waals surface area contributed by atoms with Crippen LogP contribution in [0.1, 0.15) is 34.5 Å². The van der Waals surface area contributed by atoms with Crippen molar-refractivity contribution < 1.29 is 24.5 Å². The van der Waals surface area contributed by atoms with Gasteiger partial charge in [-0.3, -0.25) is 9.78 Å². The Morgan fingerprint density at radius 1 is 1.03 bits per heavy atom. The van der Waals surface area contributed by atoms with Gasteiger partial charge in [-0.05, 0) is 55.5 Å². The Morgan fingerprint density at radius 3 is 2.66 bits per heavy atom. The lowest BCUT2D eigenvalue weighted by atomic mass is 9.92. The fraction of sp³-hybridized carbons (Fsp3) is 0.227. The second-order valence-electron chi connectivity index (χ2n) is 6.96. The van der Waals surface area contributed by atoms with Crippen molar-refractivity contribution in [2.75, 3.05) is 11.9 Å². The largest absolute Gasteiger partial charge is 0.504 e. The molecule has 4 rings (SSSR count). The van der Waals surface area contributed by atoms with Gasteiger partial charge in [0, 0.05) is 11.1 Å². The Kier molecular flexibility index (Phi) is 5.03. The van der Waals surface area contributed by atoms with Crippen molar-refractivity contribution in [3.63, 3.8) is 0 Å². The molecule has 0 atom stereocenters. The Morgan fingerprint density at radius 2 is 1.83 bits per heavy atom. The predicted octanol–water partition coefficient (Wildman–Crippen LogP) is 3.32. The zero-order valence-electron chi connectivity index (χ0n) is 15.6. The molecule has 1 aromatic heterocycles. The summed E-state index contributed by atoms with van der Waals surface area (Å²) in [5, 5.41) is 22.6. The Hall–Kier alpha value is -3.61. The maximum atomic E-state index is 12.5. The second-order valence-corrected chi connectivity index (χ2v) is 6.96. The number of phenolic OH excluding ortho intramolecular Hbond substituents is 2. The quantitative estimate of drug-likeness (QED) is 0.464. The van der Waals surface area contributed by atoms with E-state index in [-0.39, 0.29) is 11.3 Å². The first-order valence-corrected chi connectivity index (χ1v) is 9.42. The summed E-state index contributed by atoms with van der Waals surface area (Å²) >= 11 is 0. The van der Waals surface area contributed by atoms with Crippen LogP contribution in [0.3, 0.4) is 0 Å². The van der Waals surface area contributed by atoms with Gasteiger partial charge in [0.25, 0.3) is 5.91 Å². The van der Waals surface area contributed by atoms with Crippen LogP contribution in [0.25, 0.3) is 10.9 Å². The first-order chi connectivity index (χ1) is 14.0. The number of aromatic nitrogens is 1. The standard InChI is InChI=1S/C22H20N2O5/c25-18-10-9-13(11-19(18)26)22(28)29-12-20(27)24-21-14-5-1-3-7-16(14)23-17-8-4-2-6-15(17)21/h1,3,5,7,9-11,25-26H,2,4,6,8,12H2,(H,23,24,27). The number of benzene rings is 2. The molecular formula is C22H20N2O5. The highest BCUT2D eigenvalue weighted by Crippen LogP contribution is 2.33.